The minimum Gasteiger partial charge on any atom is -0.198 e. The zero-order valence-corrected chi connectivity index (χ0v) is 42.5. The normalized spacial score (nSPS) is 9.09. The van der Waals surface area contributed by atoms with E-state index < -0.39 is 0 Å². The molecule has 0 spiro atoms. The molecule has 0 aliphatic rings. The monoisotopic (exact) mass is 1100 g/mol. The van der Waals surface area contributed by atoms with Crippen LogP contribution in [0.4, 0.5) is 0 Å². The second-order valence-electron chi connectivity index (χ2n) is 14.1. The van der Waals surface area contributed by atoms with E-state index in [1.165, 1.54) is 66.8 Å². The molecule has 0 fully saturated rings. The fourth-order valence-electron chi connectivity index (χ4n) is 6.80. The second-order valence-corrected chi connectivity index (χ2v) is 14.1. The molecule has 12 aromatic carbocycles. The zero-order valence-electron chi connectivity index (χ0n) is 35.8. The molecule has 336 valence electrons. The first-order valence-corrected chi connectivity index (χ1v) is 20.4. The second kappa shape index (κ2) is 33.7. The van der Waals surface area contributed by atoms with Gasteiger partial charge < -0.3 is 0 Å². The smallest absolute Gasteiger partial charge is 0.198 e. The summed E-state index contributed by atoms with van der Waals surface area (Å²) in [5.41, 5.74) is 15.7. The summed E-state index contributed by atoms with van der Waals surface area (Å²) in [6.45, 7) is 0. The maximum absolute atomic E-state index is 2.12. The maximum atomic E-state index is 2.12. The van der Waals surface area contributed by atoms with Gasteiger partial charge in [0.05, 0.1) is 0 Å². The van der Waals surface area contributed by atoms with Crippen LogP contribution in [-0.2, 0) is 102 Å². The summed E-state index contributed by atoms with van der Waals surface area (Å²) in [6, 6.07) is 100. The molecule has 0 heterocycles. The quantitative estimate of drug-likeness (QED) is 0.115. The van der Waals surface area contributed by atoms with Gasteiger partial charge in [-0.1, -0.05) is 0 Å². The van der Waals surface area contributed by atoms with Crippen LogP contribution in [0.1, 0.15) is 0 Å². The van der Waals surface area contributed by atoms with Crippen molar-refractivity contribution in [1.29, 1.82) is 0 Å². The Morgan fingerprint density at radius 2 is 0.136 bits per heavy atom. The van der Waals surface area contributed by atoms with Crippen molar-refractivity contribution in [3.63, 3.8) is 0 Å². The first kappa shape index (κ1) is 59.3. The topological polar surface area (TPSA) is 0 Å². The van der Waals surface area contributed by atoms with Crippen molar-refractivity contribution in [1.82, 2.24) is 0 Å². The molecule has 0 nitrogen and oxygen atoms in total. The molecule has 0 saturated carbocycles. The van der Waals surface area contributed by atoms with Crippen molar-refractivity contribution < 1.29 is 102 Å². The van der Waals surface area contributed by atoms with Crippen molar-refractivity contribution in [2.24, 2.45) is 0 Å². The first-order chi connectivity index (χ1) is 29.8. The Balaban J connectivity index is 0.000000389. The molecule has 6 heteroatoms. The number of rotatable bonds is 6. The Labute approximate surface area is 456 Å². The van der Waals surface area contributed by atoms with Crippen LogP contribution in [0.5, 0.6) is 0 Å². The molecule has 12 aromatic rings. The minimum absolute atomic E-state index is 0. The first-order valence-electron chi connectivity index (χ1n) is 20.4. The van der Waals surface area contributed by atoms with Crippen LogP contribution in [0.3, 0.4) is 0 Å². The fourth-order valence-corrected chi connectivity index (χ4v) is 6.80. The summed E-state index contributed by atoms with van der Waals surface area (Å²) in [7, 11) is 0. The third-order valence-electron chi connectivity index (χ3n) is 9.95. The van der Waals surface area contributed by atoms with Crippen LogP contribution in [0, 0.1) is 0 Å². The summed E-state index contributed by atoms with van der Waals surface area (Å²) < 4.78 is 0. The van der Waals surface area contributed by atoms with Gasteiger partial charge in [-0.2, -0.15) is 358 Å². The van der Waals surface area contributed by atoms with Gasteiger partial charge in [-0.3, -0.25) is 0 Å². The van der Waals surface area contributed by atoms with Crippen LogP contribution < -0.4 is 0 Å². The van der Waals surface area contributed by atoms with E-state index in [9.17, 15) is 0 Å². The Hall–Kier alpha value is -4.68. The third-order valence-corrected chi connectivity index (χ3v) is 9.95. The molecule has 0 atom stereocenters. The molecule has 0 aliphatic heterocycles. The van der Waals surface area contributed by atoms with Crippen molar-refractivity contribution in [2.45, 2.75) is 0 Å². The molecule has 12 rings (SSSR count). The van der Waals surface area contributed by atoms with Crippen molar-refractivity contribution in [2.75, 3.05) is 0 Å². The molecular weight excluding hydrogens is 1060 g/mol. The van der Waals surface area contributed by atoms with Crippen LogP contribution in [0.25, 0.3) is 66.8 Å². The molecule has 0 saturated heterocycles. The van der Waals surface area contributed by atoms with Gasteiger partial charge in [0, 0.05) is 0 Å². The SMILES string of the molecule is [Fe+2].[Fe+2].[Fe+2].[Fe+2].[Fe+2].[Fe+2].c1cc[c-](-[c-]2cccc2)c1.c1cc[c-](-[c-]2cccc2)c1.c1cc[c-](-[c-]2cccc2)c1.c1cc[c-](-[c-]2cccc2)c1.c1cc[c-](-[c-]2cccc2)c1.c1cc[c-](-[c-]2cccc2)c1. The van der Waals surface area contributed by atoms with Crippen molar-refractivity contribution >= 4 is 0 Å². The van der Waals surface area contributed by atoms with Gasteiger partial charge in [-0.05, 0) is 0 Å². The fraction of sp³-hybridized carbons (Fsp3) is 0. The van der Waals surface area contributed by atoms with E-state index in [1.54, 1.807) is 0 Å². The molecule has 0 N–H and O–H groups in total. The Morgan fingerprint density at radius 3 is 0.182 bits per heavy atom. The molecule has 0 aromatic heterocycles. The zero-order chi connectivity index (χ0) is 40.9. The minimum atomic E-state index is 0. The Kier molecular flexibility index (Phi) is 30.3. The summed E-state index contributed by atoms with van der Waals surface area (Å²) >= 11 is 0. The number of hydrogen-bond acceptors (Lipinski definition) is 0. The van der Waals surface area contributed by atoms with E-state index in [0.717, 1.165) is 0 Å². The van der Waals surface area contributed by atoms with Crippen LogP contribution in [0.15, 0.2) is 291 Å². The van der Waals surface area contributed by atoms with Gasteiger partial charge in [0.15, 0.2) is 0 Å². The summed E-state index contributed by atoms with van der Waals surface area (Å²) in [5, 5.41) is 0. The summed E-state index contributed by atoms with van der Waals surface area (Å²) in [6.07, 6.45) is 0. The van der Waals surface area contributed by atoms with E-state index in [0.29, 0.717) is 0 Å². The van der Waals surface area contributed by atoms with Crippen LogP contribution in [-0.4, -0.2) is 0 Å². The molecule has 0 amide bonds. The Bertz CT molecular complexity index is 1970. The molecule has 0 unspecified atom stereocenters. The van der Waals surface area contributed by atoms with Crippen molar-refractivity contribution in [3.8, 4) is 66.8 Å². The molecular formula is C60H48Fe6. The molecule has 0 aliphatic carbocycles. The predicted octanol–water partition coefficient (Wildman–Crippen LogP) is 16.7. The average Bonchev–Trinajstić information content (AvgIpc) is 4.13. The largest absolute Gasteiger partial charge is 2.00 e. The van der Waals surface area contributed by atoms with Gasteiger partial charge in [0.1, 0.15) is 0 Å². The van der Waals surface area contributed by atoms with E-state index >= 15 is 0 Å². The number of hydrogen-bond donors (Lipinski definition) is 0. The molecule has 0 radical (unpaired) electrons. The van der Waals surface area contributed by atoms with Gasteiger partial charge in [-0.15, -0.1) is 0 Å². The molecule has 66 heavy (non-hydrogen) atoms. The molecule has 0 bridgehead atoms. The summed E-state index contributed by atoms with van der Waals surface area (Å²) in [5.74, 6) is 0. The van der Waals surface area contributed by atoms with E-state index in [1.807, 2.05) is 0 Å². The van der Waals surface area contributed by atoms with Gasteiger partial charge in [-0.25, -0.2) is 0 Å². The predicted molar refractivity (Wildman–Crippen MR) is 258 cm³/mol. The van der Waals surface area contributed by atoms with E-state index in [-0.39, 0.29) is 102 Å². The Morgan fingerprint density at radius 1 is 0.0909 bits per heavy atom. The standard InChI is InChI=1S/6C10H8.6Fe/c6*1-2-6-9(5-1)10-7-3-4-8-10;;;;;;/h6*1-8H;;;;;;/q6*-2;6*+2. The third kappa shape index (κ3) is 18.9. The van der Waals surface area contributed by atoms with E-state index in [2.05, 4.69) is 291 Å². The van der Waals surface area contributed by atoms with Crippen LogP contribution >= 0.6 is 0 Å². The van der Waals surface area contributed by atoms with Crippen molar-refractivity contribution in [3.05, 3.63) is 291 Å². The van der Waals surface area contributed by atoms with Gasteiger partial charge in [0.2, 0.25) is 0 Å². The van der Waals surface area contributed by atoms with Crippen LogP contribution in [0.2, 0.25) is 0 Å². The summed E-state index contributed by atoms with van der Waals surface area (Å²) in [4.78, 5) is 0. The maximum Gasteiger partial charge on any atom is 2.00 e. The van der Waals surface area contributed by atoms with E-state index in [4.69, 9.17) is 0 Å². The van der Waals surface area contributed by atoms with Gasteiger partial charge >= 0.3 is 102 Å². The van der Waals surface area contributed by atoms with Gasteiger partial charge in [0.25, 0.3) is 0 Å². The average molecular weight is 1100 g/mol.